The van der Waals surface area contributed by atoms with Crippen molar-refractivity contribution in [3.05, 3.63) is 0 Å². The summed E-state index contributed by atoms with van der Waals surface area (Å²) in [6.45, 7) is 4.00. The molecule has 0 rings (SSSR count). The number of aldehydes is 1. The summed E-state index contributed by atoms with van der Waals surface area (Å²) in [5, 5.41) is 0. The summed E-state index contributed by atoms with van der Waals surface area (Å²) in [6, 6.07) is 0. The maximum Gasteiger partial charge on any atom is 0.201 e. The van der Waals surface area contributed by atoms with Crippen LogP contribution in [0, 0.1) is 0 Å². The molecule has 0 aliphatic rings. The van der Waals surface area contributed by atoms with Gasteiger partial charge in [-0.15, -0.1) is 0 Å². The Balaban J connectivity index is 3.76. The number of carbonyl (C=O) groups is 1. The van der Waals surface area contributed by atoms with Crippen LogP contribution in [0.15, 0.2) is 0 Å². The van der Waals surface area contributed by atoms with E-state index in [1.807, 2.05) is 6.92 Å². The summed E-state index contributed by atoms with van der Waals surface area (Å²) in [6.07, 6.45) is 1.30. The molecule has 0 bridgehead atoms. The van der Waals surface area contributed by atoms with Crippen LogP contribution >= 0.6 is 8.03 Å². The highest BCUT2D eigenvalue weighted by Crippen LogP contribution is 2.29. The van der Waals surface area contributed by atoms with Gasteiger partial charge >= 0.3 is 0 Å². The minimum absolute atomic E-state index is 0.384. The Bertz CT molecular complexity index is 124. The third-order valence-electron chi connectivity index (χ3n) is 1.19. The van der Waals surface area contributed by atoms with Crippen molar-refractivity contribution in [3.8, 4) is 0 Å². The van der Waals surface area contributed by atoms with Gasteiger partial charge in [0.05, 0.1) is 12.3 Å². The summed E-state index contributed by atoms with van der Waals surface area (Å²) < 4.78 is 15.7. The lowest BCUT2D eigenvalue weighted by atomic mass is 10.4. The first-order valence-electron chi connectivity index (χ1n) is 3.38. The first-order valence-corrected chi connectivity index (χ1v) is 4.77. The van der Waals surface area contributed by atoms with Gasteiger partial charge in [-0.1, -0.05) is 6.92 Å². The number of carbonyl (C=O) groups excluding carboxylic acids is 1. The zero-order valence-electron chi connectivity index (χ0n) is 6.29. The van der Waals surface area contributed by atoms with E-state index in [-0.39, 0.29) is 5.66 Å². The quantitative estimate of drug-likeness (QED) is 0.456. The predicted molar refractivity (Wildman–Crippen MR) is 40.8 cm³/mol. The molecular formula is C6H13O3P. The van der Waals surface area contributed by atoms with Gasteiger partial charge in [-0.2, -0.15) is 0 Å². The standard InChI is InChI=1S/C6H13O3P/c1-3-6(5-7)10(8)9-4-2/h5-6,10H,3-4H2,1-2H3. The van der Waals surface area contributed by atoms with Crippen LogP contribution in [0.25, 0.3) is 0 Å². The van der Waals surface area contributed by atoms with Crippen LogP contribution in [-0.4, -0.2) is 18.6 Å². The first kappa shape index (κ1) is 9.86. The van der Waals surface area contributed by atoms with Gasteiger partial charge in [0.1, 0.15) is 6.29 Å². The maximum atomic E-state index is 10.9. The fraction of sp³-hybridized carbons (Fsp3) is 0.833. The summed E-state index contributed by atoms with van der Waals surface area (Å²) in [4.78, 5) is 10.2. The molecule has 0 aliphatic carbocycles. The number of rotatable bonds is 5. The third-order valence-corrected chi connectivity index (χ3v) is 2.92. The van der Waals surface area contributed by atoms with Crippen molar-refractivity contribution in [3.63, 3.8) is 0 Å². The molecule has 0 heterocycles. The average molecular weight is 164 g/mol. The first-order chi connectivity index (χ1) is 4.76. The summed E-state index contributed by atoms with van der Waals surface area (Å²) in [7, 11) is -2.10. The summed E-state index contributed by atoms with van der Waals surface area (Å²) >= 11 is 0. The predicted octanol–water partition coefficient (Wildman–Crippen LogP) is 1.48. The van der Waals surface area contributed by atoms with Crippen LogP contribution in [0.5, 0.6) is 0 Å². The molecule has 0 saturated heterocycles. The Hall–Kier alpha value is -0.140. The van der Waals surface area contributed by atoms with E-state index in [0.717, 1.165) is 0 Å². The zero-order valence-corrected chi connectivity index (χ0v) is 7.29. The number of hydrogen-bond donors (Lipinski definition) is 0. The molecule has 0 aromatic heterocycles. The molecule has 4 heteroatoms. The largest absolute Gasteiger partial charge is 0.330 e. The van der Waals surface area contributed by atoms with Crippen LogP contribution in [0.3, 0.4) is 0 Å². The molecule has 0 radical (unpaired) electrons. The van der Waals surface area contributed by atoms with E-state index < -0.39 is 8.03 Å². The molecule has 0 spiro atoms. The highest BCUT2D eigenvalue weighted by Gasteiger charge is 2.12. The van der Waals surface area contributed by atoms with Gasteiger partial charge in [0.25, 0.3) is 0 Å². The Morgan fingerprint density at radius 2 is 2.20 bits per heavy atom. The Labute approximate surface area is 61.6 Å². The van der Waals surface area contributed by atoms with Gasteiger partial charge in [0, 0.05) is 0 Å². The maximum absolute atomic E-state index is 10.9. The molecule has 0 aromatic rings. The molecule has 2 unspecified atom stereocenters. The molecule has 0 aliphatic heterocycles. The topological polar surface area (TPSA) is 43.4 Å². The average Bonchev–Trinajstić information content (AvgIpc) is 1.91. The highest BCUT2D eigenvalue weighted by molar-refractivity contribution is 7.41. The second-order valence-electron chi connectivity index (χ2n) is 1.90. The molecule has 0 saturated carbocycles. The second kappa shape index (κ2) is 5.63. The molecular weight excluding hydrogens is 151 g/mol. The smallest absolute Gasteiger partial charge is 0.201 e. The minimum atomic E-state index is -2.10. The lowest BCUT2D eigenvalue weighted by Crippen LogP contribution is -2.02. The van der Waals surface area contributed by atoms with Crippen LogP contribution in [-0.2, 0) is 13.9 Å². The van der Waals surface area contributed by atoms with E-state index in [2.05, 4.69) is 0 Å². The van der Waals surface area contributed by atoms with Crippen LogP contribution in [0.4, 0.5) is 0 Å². The van der Waals surface area contributed by atoms with E-state index in [4.69, 9.17) is 4.52 Å². The molecule has 0 N–H and O–H groups in total. The fourth-order valence-electron chi connectivity index (χ4n) is 0.568. The van der Waals surface area contributed by atoms with Gasteiger partial charge in [-0.3, -0.25) is 4.57 Å². The molecule has 2 atom stereocenters. The lowest BCUT2D eigenvalue weighted by molar-refractivity contribution is -0.107. The van der Waals surface area contributed by atoms with E-state index in [9.17, 15) is 9.36 Å². The lowest BCUT2D eigenvalue weighted by Gasteiger charge is -2.05. The van der Waals surface area contributed by atoms with Crippen molar-refractivity contribution >= 4 is 14.3 Å². The van der Waals surface area contributed by atoms with Gasteiger partial charge in [0.15, 0.2) is 0 Å². The normalized spacial score (nSPS) is 16.2. The van der Waals surface area contributed by atoms with Crippen LogP contribution < -0.4 is 0 Å². The SMILES string of the molecule is CCO[PH](=O)C(C=O)CC. The Morgan fingerprint density at radius 3 is 2.50 bits per heavy atom. The minimum Gasteiger partial charge on any atom is -0.330 e. The summed E-state index contributed by atoms with van der Waals surface area (Å²) in [5.41, 5.74) is -0.384. The van der Waals surface area contributed by atoms with Crippen LogP contribution in [0.1, 0.15) is 20.3 Å². The van der Waals surface area contributed by atoms with E-state index in [1.165, 1.54) is 0 Å². The van der Waals surface area contributed by atoms with Crippen LogP contribution in [0.2, 0.25) is 0 Å². The monoisotopic (exact) mass is 164 g/mol. The molecule has 10 heavy (non-hydrogen) atoms. The third kappa shape index (κ3) is 3.14. The highest BCUT2D eigenvalue weighted by atomic mass is 31.1. The number of hydrogen-bond acceptors (Lipinski definition) is 3. The van der Waals surface area contributed by atoms with Crippen molar-refractivity contribution in [2.45, 2.75) is 25.9 Å². The van der Waals surface area contributed by atoms with Crippen molar-refractivity contribution < 1.29 is 13.9 Å². The van der Waals surface area contributed by atoms with Crippen molar-refractivity contribution in [1.82, 2.24) is 0 Å². The molecule has 0 amide bonds. The van der Waals surface area contributed by atoms with Gasteiger partial charge < -0.3 is 9.32 Å². The van der Waals surface area contributed by atoms with Gasteiger partial charge in [0.2, 0.25) is 8.03 Å². The Morgan fingerprint density at radius 1 is 1.60 bits per heavy atom. The van der Waals surface area contributed by atoms with E-state index in [0.29, 0.717) is 19.3 Å². The van der Waals surface area contributed by atoms with E-state index >= 15 is 0 Å². The fourth-order valence-corrected chi connectivity index (χ4v) is 1.51. The summed E-state index contributed by atoms with van der Waals surface area (Å²) in [5.74, 6) is 0. The molecule has 0 fully saturated rings. The van der Waals surface area contributed by atoms with Crippen molar-refractivity contribution in [2.75, 3.05) is 6.61 Å². The molecule has 60 valence electrons. The second-order valence-corrected chi connectivity index (χ2v) is 3.57. The molecule has 3 nitrogen and oxygen atoms in total. The Kier molecular flexibility index (Phi) is 5.55. The van der Waals surface area contributed by atoms with Gasteiger partial charge in [-0.25, -0.2) is 0 Å². The van der Waals surface area contributed by atoms with Gasteiger partial charge in [-0.05, 0) is 13.3 Å². The zero-order chi connectivity index (χ0) is 7.98. The van der Waals surface area contributed by atoms with E-state index in [1.54, 1.807) is 6.92 Å². The molecule has 0 aromatic carbocycles. The van der Waals surface area contributed by atoms with Crippen molar-refractivity contribution in [1.29, 1.82) is 0 Å². The van der Waals surface area contributed by atoms with Crippen molar-refractivity contribution in [2.24, 2.45) is 0 Å².